The first-order valence-electron chi connectivity index (χ1n) is 17.2. The average molecular weight is 1030 g/mol. The van der Waals surface area contributed by atoms with E-state index >= 15 is 0 Å². The van der Waals surface area contributed by atoms with Crippen molar-refractivity contribution < 1.29 is 46.0 Å². The zero-order chi connectivity index (χ0) is 33.9. The second-order valence-corrected chi connectivity index (χ2v) is 36.9. The van der Waals surface area contributed by atoms with Crippen LogP contribution in [0, 0.1) is 36.1 Å². The molecule has 0 aliphatic heterocycles. The molecular weight excluding hydrogens is 964 g/mol. The van der Waals surface area contributed by atoms with Crippen molar-refractivity contribution in [3.8, 4) is 0 Å². The zero-order valence-corrected chi connectivity index (χ0v) is 42.3. The van der Waals surface area contributed by atoms with Crippen molar-refractivity contribution in [2.24, 2.45) is 11.8 Å². The summed E-state index contributed by atoms with van der Waals surface area (Å²) in [6.45, 7) is 27.4. The van der Waals surface area contributed by atoms with E-state index in [2.05, 4.69) is 118 Å². The normalized spacial score (nSPS) is 17.7. The predicted molar refractivity (Wildman–Crippen MR) is 209 cm³/mol. The molecule has 46 heavy (non-hydrogen) atoms. The maximum absolute atomic E-state index is 3.63. The first-order chi connectivity index (χ1) is 21.0. The van der Waals surface area contributed by atoms with Crippen LogP contribution in [0.3, 0.4) is 0 Å². The Kier molecular flexibility index (Phi) is 41.3. The third-order valence-corrected chi connectivity index (χ3v) is 7.21. The average Bonchev–Trinajstić information content (AvgIpc) is 3.83. The molecule has 2 unspecified atom stereocenters. The summed E-state index contributed by atoms with van der Waals surface area (Å²) in [5.41, 5.74) is 10.0. The molecule has 0 aromatic rings. The maximum Gasteiger partial charge on any atom is -0.109 e. The van der Waals surface area contributed by atoms with Gasteiger partial charge in [0, 0.05) is 0 Å². The molecule has 0 radical (unpaired) electrons. The molecule has 6 heteroatoms. The van der Waals surface area contributed by atoms with Crippen molar-refractivity contribution in [2.45, 2.75) is 146 Å². The third kappa shape index (κ3) is 24.8. The van der Waals surface area contributed by atoms with Crippen molar-refractivity contribution in [1.82, 2.24) is 0 Å². The third-order valence-electron chi connectivity index (χ3n) is 7.21. The fraction of sp³-hybridized carbons (Fsp3) is 0.600. The van der Waals surface area contributed by atoms with E-state index < -0.39 is 0 Å². The molecule has 0 saturated heterocycles. The van der Waals surface area contributed by atoms with E-state index in [1.165, 1.54) is 95.7 Å². The number of allylic oxidation sites excluding steroid dienone is 16. The molecule has 0 aromatic heterocycles. The van der Waals surface area contributed by atoms with Gasteiger partial charge in [0.15, 0.2) is 0 Å². The fourth-order valence-corrected chi connectivity index (χ4v) is 5.39. The van der Waals surface area contributed by atoms with E-state index in [0.29, 0.717) is 11.8 Å². The molecule has 0 fully saturated rings. The van der Waals surface area contributed by atoms with Gasteiger partial charge in [0.2, 0.25) is 0 Å². The Hall–Kier alpha value is 0.674. The van der Waals surface area contributed by atoms with Crippen molar-refractivity contribution in [3.05, 3.63) is 94.2 Å². The minimum atomic E-state index is 0. The van der Waals surface area contributed by atoms with Gasteiger partial charge in [-0.1, -0.05) is 119 Å². The van der Waals surface area contributed by atoms with E-state index in [9.17, 15) is 0 Å². The van der Waals surface area contributed by atoms with Gasteiger partial charge in [-0.2, -0.15) is 34.4 Å². The molecule has 4 aliphatic carbocycles. The van der Waals surface area contributed by atoms with E-state index in [4.69, 9.17) is 0 Å². The number of hydrogen-bond donors (Lipinski definition) is 0. The zero-order valence-electron chi connectivity index (χ0n) is 31.5. The molecule has 0 nitrogen and oxygen atoms in total. The quantitative estimate of drug-likeness (QED) is 0.168. The van der Waals surface area contributed by atoms with Gasteiger partial charge in [0.1, 0.15) is 0 Å². The van der Waals surface area contributed by atoms with Crippen LogP contribution in [0.5, 0.6) is 0 Å². The van der Waals surface area contributed by atoms with Gasteiger partial charge in [-0.05, 0) is 0 Å². The molecule has 0 aromatic carbocycles. The van der Waals surface area contributed by atoms with Crippen molar-refractivity contribution >= 4 is 35.8 Å². The summed E-state index contributed by atoms with van der Waals surface area (Å²) in [7, 11) is 0. The van der Waals surface area contributed by atoms with Crippen LogP contribution in [0.2, 0.25) is 26.2 Å². The molecular formula is C40H66Cl2Hf2Si2. The molecule has 4 aliphatic rings. The SMILES string of the molecule is CCC1=[C-]C(CC)C(CC)=C1CC.CCC1=[C-]C(CC)C(CC)=C1CC.C[Si](C)=[Hf+2].C[Si](C)=[Hf+2].Cl.Cl.[C-]1=CC=CC1.[C-]1=CC=CC1. The van der Waals surface area contributed by atoms with E-state index in [-0.39, 0.29) is 35.8 Å². The first kappa shape index (κ1) is 53.5. The van der Waals surface area contributed by atoms with Gasteiger partial charge in [-0.25, -0.2) is 35.5 Å². The minimum absolute atomic E-state index is 0. The Morgan fingerprint density at radius 2 is 0.870 bits per heavy atom. The summed E-state index contributed by atoms with van der Waals surface area (Å²) in [4.78, 5) is 0. The fourth-order valence-electron chi connectivity index (χ4n) is 5.39. The second-order valence-electron chi connectivity index (χ2n) is 11.3. The molecule has 256 valence electrons. The van der Waals surface area contributed by atoms with Crippen molar-refractivity contribution in [2.75, 3.05) is 0 Å². The van der Waals surface area contributed by atoms with E-state index in [0.717, 1.165) is 25.7 Å². The summed E-state index contributed by atoms with van der Waals surface area (Å²) in [5, 5.41) is 0. The van der Waals surface area contributed by atoms with E-state index in [1.807, 2.05) is 24.3 Å². The van der Waals surface area contributed by atoms with Crippen LogP contribution in [0.4, 0.5) is 0 Å². The molecule has 4 rings (SSSR count). The molecule has 0 heterocycles. The topological polar surface area (TPSA) is 0 Å². The van der Waals surface area contributed by atoms with Crippen LogP contribution < -0.4 is 0 Å². The molecule has 0 N–H and O–H groups in total. The minimum Gasteiger partial charge on any atom is -0.273 e. The van der Waals surface area contributed by atoms with Crippen LogP contribution in [-0.2, 0) is 46.0 Å². The van der Waals surface area contributed by atoms with Gasteiger partial charge in [-0.15, -0.1) is 37.7 Å². The van der Waals surface area contributed by atoms with Gasteiger partial charge >= 0.3 is 83.2 Å². The molecule has 0 bridgehead atoms. The molecule has 0 saturated carbocycles. The monoisotopic (exact) mass is 1030 g/mol. The second kappa shape index (κ2) is 35.5. The number of rotatable bonds is 8. The maximum atomic E-state index is 3.63. The van der Waals surface area contributed by atoms with Crippen LogP contribution in [0.25, 0.3) is 0 Å². The first-order valence-corrected chi connectivity index (χ1v) is 33.0. The Balaban J connectivity index is -0.000000247. The van der Waals surface area contributed by atoms with Gasteiger partial charge in [-0.3, -0.25) is 24.3 Å². The summed E-state index contributed by atoms with van der Waals surface area (Å²) in [5.74, 6) is 1.27. The van der Waals surface area contributed by atoms with Crippen LogP contribution in [-0.4, -0.2) is 11.0 Å². The summed E-state index contributed by atoms with van der Waals surface area (Å²) in [6, 6.07) is 0. The summed E-state index contributed by atoms with van der Waals surface area (Å²) in [6.07, 6.45) is 36.8. The largest absolute Gasteiger partial charge is 0.273 e. The Labute approximate surface area is 330 Å². The Morgan fingerprint density at radius 3 is 1.00 bits per heavy atom. The van der Waals surface area contributed by atoms with Crippen LogP contribution in [0.15, 0.2) is 69.9 Å². The summed E-state index contributed by atoms with van der Waals surface area (Å²) < 4.78 is 0. The standard InChI is InChI=1S/2C13H21.2C5H5.2C2H6Si.2ClH.2Hf/c2*1-5-10-9-11(6-2)13(8-4)12(10)7-3;2*1-2-4-5-3-1;2*1-3-2;;;;/h2*10H,5-8H2,1-4H3;2*1-3H,4H2;2*1-2H3;2*1H;;/q4*-1;;;;;2*+2. The molecule has 2 atom stereocenters. The van der Waals surface area contributed by atoms with Crippen molar-refractivity contribution in [1.29, 1.82) is 0 Å². The Morgan fingerprint density at radius 1 is 0.565 bits per heavy atom. The Bertz CT molecular complexity index is 975. The van der Waals surface area contributed by atoms with Gasteiger partial charge in [0.05, 0.1) is 0 Å². The molecule has 0 amide bonds. The van der Waals surface area contributed by atoms with Gasteiger partial charge in [0.25, 0.3) is 0 Å². The number of hydrogen-bond acceptors (Lipinski definition) is 0. The smallest absolute Gasteiger partial charge is 0.109 e. The molecule has 0 spiro atoms. The van der Waals surface area contributed by atoms with Crippen LogP contribution >= 0.6 is 24.8 Å². The van der Waals surface area contributed by atoms with Crippen LogP contribution in [0.1, 0.15) is 120 Å². The van der Waals surface area contributed by atoms with Crippen molar-refractivity contribution in [3.63, 3.8) is 0 Å². The van der Waals surface area contributed by atoms with Gasteiger partial charge < -0.3 is 0 Å². The van der Waals surface area contributed by atoms with E-state index in [1.54, 1.807) is 22.3 Å². The summed E-state index contributed by atoms with van der Waals surface area (Å²) >= 11 is 2.90. The number of halogens is 2. The predicted octanol–water partition coefficient (Wildman–Crippen LogP) is 13.6.